The van der Waals surface area contributed by atoms with Crippen molar-refractivity contribution in [2.45, 2.75) is 59.1 Å². The van der Waals surface area contributed by atoms with Gasteiger partial charge in [0.25, 0.3) is 0 Å². The molecule has 1 N–H and O–H groups in total. The van der Waals surface area contributed by atoms with Crippen molar-refractivity contribution in [3.63, 3.8) is 0 Å². The fourth-order valence-electron chi connectivity index (χ4n) is 3.59. The second-order valence-electron chi connectivity index (χ2n) is 8.93. The molecule has 7 heteroatoms. The van der Waals surface area contributed by atoms with Crippen LogP contribution < -0.4 is 5.32 Å². The molecular formula is C22H39N5O2. The maximum absolute atomic E-state index is 12.4. The molecule has 2 heterocycles. The first kappa shape index (κ1) is 23.1. The Morgan fingerprint density at radius 2 is 2.17 bits per heavy atom. The Morgan fingerprint density at radius 1 is 1.41 bits per heavy atom. The summed E-state index contributed by atoms with van der Waals surface area (Å²) in [7, 11) is 4.13. The van der Waals surface area contributed by atoms with Gasteiger partial charge in [0.15, 0.2) is 5.96 Å². The van der Waals surface area contributed by atoms with Gasteiger partial charge in [0, 0.05) is 52.2 Å². The van der Waals surface area contributed by atoms with Crippen LogP contribution >= 0.6 is 0 Å². The number of hydrogen-bond acceptors (Lipinski definition) is 3. The summed E-state index contributed by atoms with van der Waals surface area (Å²) in [6.07, 6.45) is 5.02. The lowest BCUT2D eigenvalue weighted by Crippen LogP contribution is -2.43. The number of nitrogens with zero attached hydrogens (tertiary/aromatic N) is 4. The van der Waals surface area contributed by atoms with Crippen LogP contribution in [0.25, 0.3) is 0 Å². The predicted octanol–water partition coefficient (Wildman–Crippen LogP) is 3.46. The summed E-state index contributed by atoms with van der Waals surface area (Å²) in [5.41, 5.74) is 0.802. The number of aliphatic imine (C=N–C) groups is 1. The van der Waals surface area contributed by atoms with Crippen molar-refractivity contribution in [3.8, 4) is 0 Å². The van der Waals surface area contributed by atoms with Crippen molar-refractivity contribution in [3.05, 3.63) is 24.0 Å². The molecular weight excluding hydrogens is 366 g/mol. The number of hydrogen-bond donors (Lipinski definition) is 1. The third kappa shape index (κ3) is 7.63. The zero-order chi connectivity index (χ0) is 21.4. The minimum atomic E-state index is -0.446. The van der Waals surface area contributed by atoms with Crippen LogP contribution in [0.5, 0.6) is 0 Å². The lowest BCUT2D eigenvalue weighted by molar-refractivity contribution is 0.0163. The number of carbonyl (C=O) groups excluding carboxylic acids is 1. The van der Waals surface area contributed by atoms with Crippen LogP contribution in [-0.2, 0) is 18.3 Å². The van der Waals surface area contributed by atoms with E-state index >= 15 is 0 Å². The van der Waals surface area contributed by atoms with Crippen molar-refractivity contribution < 1.29 is 9.53 Å². The molecule has 0 aliphatic carbocycles. The van der Waals surface area contributed by atoms with Crippen molar-refractivity contribution in [2.75, 3.05) is 33.2 Å². The largest absolute Gasteiger partial charge is 0.444 e. The van der Waals surface area contributed by atoms with Gasteiger partial charge in [-0.15, -0.1) is 0 Å². The first-order valence-electron chi connectivity index (χ1n) is 10.8. The standard InChI is InChI=1S/C22H39N5O2/c1-7-23-20(26(6)17-19-11-9-14-25(19)5)24-13-12-18-10-8-15-27(16-18)21(28)29-22(2,3)4/h9,11,14,18H,7-8,10,12-13,15-17H2,1-6H3,(H,23,24). The van der Waals surface area contributed by atoms with Gasteiger partial charge in [0.1, 0.15) is 5.60 Å². The van der Waals surface area contributed by atoms with Gasteiger partial charge in [-0.05, 0) is 65.0 Å². The Balaban J connectivity index is 1.87. The van der Waals surface area contributed by atoms with E-state index in [1.165, 1.54) is 5.69 Å². The molecule has 1 aromatic heterocycles. The van der Waals surface area contributed by atoms with Crippen molar-refractivity contribution >= 4 is 12.1 Å². The minimum Gasteiger partial charge on any atom is -0.444 e. The fourth-order valence-corrected chi connectivity index (χ4v) is 3.59. The highest BCUT2D eigenvalue weighted by Crippen LogP contribution is 2.21. The molecule has 1 aliphatic rings. The molecule has 0 aromatic carbocycles. The number of carbonyl (C=O) groups is 1. The van der Waals surface area contributed by atoms with Gasteiger partial charge >= 0.3 is 6.09 Å². The molecule has 0 saturated carbocycles. The van der Waals surface area contributed by atoms with E-state index in [1.54, 1.807) is 0 Å². The van der Waals surface area contributed by atoms with Crippen molar-refractivity contribution in [1.82, 2.24) is 19.7 Å². The number of piperidine rings is 1. The summed E-state index contributed by atoms with van der Waals surface area (Å²) >= 11 is 0. The highest BCUT2D eigenvalue weighted by atomic mass is 16.6. The average Bonchev–Trinajstić information content (AvgIpc) is 3.04. The predicted molar refractivity (Wildman–Crippen MR) is 118 cm³/mol. The van der Waals surface area contributed by atoms with Gasteiger partial charge < -0.3 is 24.4 Å². The molecule has 1 aromatic rings. The van der Waals surface area contributed by atoms with Crippen LogP contribution in [0.4, 0.5) is 4.79 Å². The van der Waals surface area contributed by atoms with Gasteiger partial charge in [-0.2, -0.15) is 0 Å². The number of aryl methyl sites for hydroxylation is 1. The molecule has 1 saturated heterocycles. The van der Waals surface area contributed by atoms with E-state index in [1.807, 2.05) is 25.7 Å². The maximum Gasteiger partial charge on any atom is 0.410 e. The molecule has 1 unspecified atom stereocenters. The summed E-state index contributed by atoms with van der Waals surface area (Å²) in [4.78, 5) is 21.2. The molecule has 2 rings (SSSR count). The number of ether oxygens (including phenoxy) is 1. The number of nitrogens with one attached hydrogen (secondary N) is 1. The normalized spacial score (nSPS) is 17.9. The Hall–Kier alpha value is -2.18. The number of likely N-dealkylation sites (tertiary alicyclic amines) is 1. The second kappa shape index (κ2) is 10.6. The third-order valence-corrected chi connectivity index (χ3v) is 5.12. The molecule has 29 heavy (non-hydrogen) atoms. The molecule has 1 aliphatic heterocycles. The highest BCUT2D eigenvalue weighted by molar-refractivity contribution is 5.79. The molecule has 1 atom stereocenters. The molecule has 0 bridgehead atoms. The van der Waals surface area contributed by atoms with E-state index in [-0.39, 0.29) is 6.09 Å². The van der Waals surface area contributed by atoms with E-state index in [2.05, 4.69) is 54.1 Å². The molecule has 1 amide bonds. The summed E-state index contributed by atoms with van der Waals surface area (Å²) in [5, 5.41) is 3.39. The summed E-state index contributed by atoms with van der Waals surface area (Å²) in [5.74, 6) is 1.40. The first-order chi connectivity index (χ1) is 13.7. The highest BCUT2D eigenvalue weighted by Gasteiger charge is 2.27. The van der Waals surface area contributed by atoms with Gasteiger partial charge in [0.05, 0.1) is 6.54 Å². The smallest absolute Gasteiger partial charge is 0.410 e. The Kier molecular flexibility index (Phi) is 8.41. The molecule has 164 valence electrons. The summed E-state index contributed by atoms with van der Waals surface area (Å²) in [6, 6.07) is 4.19. The molecule has 0 spiro atoms. The topological polar surface area (TPSA) is 62.1 Å². The maximum atomic E-state index is 12.4. The summed E-state index contributed by atoms with van der Waals surface area (Å²) in [6.45, 7) is 11.8. The zero-order valence-electron chi connectivity index (χ0n) is 19.1. The Morgan fingerprint density at radius 3 is 2.79 bits per heavy atom. The molecule has 7 nitrogen and oxygen atoms in total. The van der Waals surface area contributed by atoms with Crippen LogP contribution in [0.1, 0.15) is 52.7 Å². The Bertz CT molecular complexity index is 677. The summed E-state index contributed by atoms with van der Waals surface area (Å²) < 4.78 is 7.66. The fraction of sp³-hybridized carbons (Fsp3) is 0.727. The quantitative estimate of drug-likeness (QED) is 0.582. The molecule has 0 radical (unpaired) electrons. The van der Waals surface area contributed by atoms with Crippen LogP contribution in [0.15, 0.2) is 23.3 Å². The second-order valence-corrected chi connectivity index (χ2v) is 8.93. The van der Waals surface area contributed by atoms with Gasteiger partial charge in [-0.3, -0.25) is 4.99 Å². The SMILES string of the molecule is CCNC(=NCCC1CCCN(C(=O)OC(C)(C)C)C1)N(C)Cc1cccn1C. The molecule has 1 fully saturated rings. The van der Waals surface area contributed by atoms with Gasteiger partial charge in [-0.25, -0.2) is 4.79 Å². The van der Waals surface area contributed by atoms with Gasteiger partial charge in [-0.1, -0.05) is 0 Å². The van der Waals surface area contributed by atoms with Gasteiger partial charge in [0.2, 0.25) is 0 Å². The number of aromatic nitrogens is 1. The Labute approximate surface area is 176 Å². The lowest BCUT2D eigenvalue weighted by Gasteiger charge is -2.34. The van der Waals surface area contributed by atoms with E-state index in [0.717, 1.165) is 57.9 Å². The number of rotatable bonds is 6. The van der Waals surface area contributed by atoms with Crippen LogP contribution in [0, 0.1) is 5.92 Å². The van der Waals surface area contributed by atoms with E-state index in [4.69, 9.17) is 9.73 Å². The lowest BCUT2D eigenvalue weighted by atomic mass is 9.95. The van der Waals surface area contributed by atoms with Crippen LogP contribution in [0.2, 0.25) is 0 Å². The van der Waals surface area contributed by atoms with E-state index in [0.29, 0.717) is 5.92 Å². The van der Waals surface area contributed by atoms with E-state index in [9.17, 15) is 4.79 Å². The monoisotopic (exact) mass is 405 g/mol. The number of amides is 1. The average molecular weight is 406 g/mol. The minimum absolute atomic E-state index is 0.193. The zero-order valence-corrected chi connectivity index (χ0v) is 19.1. The van der Waals surface area contributed by atoms with Crippen LogP contribution in [0.3, 0.4) is 0 Å². The first-order valence-corrected chi connectivity index (χ1v) is 10.8. The van der Waals surface area contributed by atoms with Crippen molar-refractivity contribution in [1.29, 1.82) is 0 Å². The van der Waals surface area contributed by atoms with Crippen molar-refractivity contribution in [2.24, 2.45) is 18.0 Å². The third-order valence-electron chi connectivity index (χ3n) is 5.12. The van der Waals surface area contributed by atoms with E-state index < -0.39 is 5.60 Å². The number of guanidine groups is 1. The van der Waals surface area contributed by atoms with Crippen LogP contribution in [-0.4, -0.2) is 65.2 Å².